The molecule has 0 amide bonds. The summed E-state index contributed by atoms with van der Waals surface area (Å²) in [6.07, 6.45) is -1.72. The van der Waals surface area contributed by atoms with Crippen molar-refractivity contribution < 1.29 is 18.0 Å². The molecular weight excluding hydrogens is 243 g/mol. The number of hydrogen-bond acceptors (Lipinski definition) is 2. The minimum atomic E-state index is -4.41. The SMILES string of the molecule is CC(C)CCCC(=O)c1ccc(C(F)(F)F)cn1. The minimum absolute atomic E-state index is 0.103. The monoisotopic (exact) mass is 259 g/mol. The van der Waals surface area contributed by atoms with Gasteiger partial charge in [0, 0.05) is 12.6 Å². The lowest BCUT2D eigenvalue weighted by atomic mass is 10.0. The van der Waals surface area contributed by atoms with Crippen LogP contribution in [-0.2, 0) is 6.18 Å². The van der Waals surface area contributed by atoms with Gasteiger partial charge in [-0.15, -0.1) is 0 Å². The summed E-state index contributed by atoms with van der Waals surface area (Å²) in [4.78, 5) is 15.2. The smallest absolute Gasteiger partial charge is 0.292 e. The molecule has 0 aliphatic carbocycles. The van der Waals surface area contributed by atoms with E-state index in [4.69, 9.17) is 0 Å². The highest BCUT2D eigenvalue weighted by Crippen LogP contribution is 2.28. The van der Waals surface area contributed by atoms with Crippen molar-refractivity contribution in [1.29, 1.82) is 0 Å². The molecule has 0 aliphatic rings. The lowest BCUT2D eigenvalue weighted by Gasteiger charge is -2.07. The van der Waals surface area contributed by atoms with Gasteiger partial charge < -0.3 is 0 Å². The maximum Gasteiger partial charge on any atom is 0.417 e. The first-order chi connectivity index (χ1) is 8.30. The van der Waals surface area contributed by atoms with Crippen molar-refractivity contribution in [2.24, 2.45) is 5.92 Å². The fourth-order valence-electron chi connectivity index (χ4n) is 1.53. The van der Waals surface area contributed by atoms with E-state index in [9.17, 15) is 18.0 Å². The number of carbonyl (C=O) groups is 1. The number of nitrogens with zero attached hydrogens (tertiary/aromatic N) is 1. The van der Waals surface area contributed by atoms with Gasteiger partial charge >= 0.3 is 6.18 Å². The van der Waals surface area contributed by atoms with Crippen LogP contribution < -0.4 is 0 Å². The Kier molecular flexibility index (Phi) is 4.87. The predicted molar refractivity (Wildman–Crippen MR) is 62.3 cm³/mol. The lowest BCUT2D eigenvalue weighted by molar-refractivity contribution is -0.137. The number of hydrogen-bond donors (Lipinski definition) is 0. The summed E-state index contributed by atoms with van der Waals surface area (Å²) in [5.41, 5.74) is -0.729. The van der Waals surface area contributed by atoms with Crippen LogP contribution in [0.25, 0.3) is 0 Å². The Morgan fingerprint density at radius 1 is 1.33 bits per heavy atom. The van der Waals surface area contributed by atoms with Crippen LogP contribution in [0.15, 0.2) is 18.3 Å². The molecule has 0 aliphatic heterocycles. The number of aromatic nitrogens is 1. The average molecular weight is 259 g/mol. The van der Waals surface area contributed by atoms with Crippen molar-refractivity contribution in [3.63, 3.8) is 0 Å². The fourth-order valence-corrected chi connectivity index (χ4v) is 1.53. The number of ketones is 1. The zero-order valence-corrected chi connectivity index (χ0v) is 10.4. The van der Waals surface area contributed by atoms with Gasteiger partial charge in [-0.3, -0.25) is 9.78 Å². The summed E-state index contributed by atoms with van der Waals surface area (Å²) in [6.45, 7) is 4.11. The number of pyridine rings is 1. The van der Waals surface area contributed by atoms with E-state index in [1.807, 2.05) is 0 Å². The molecule has 0 atom stereocenters. The largest absolute Gasteiger partial charge is 0.417 e. The van der Waals surface area contributed by atoms with Crippen molar-refractivity contribution in [2.75, 3.05) is 0 Å². The van der Waals surface area contributed by atoms with E-state index in [2.05, 4.69) is 18.8 Å². The summed E-state index contributed by atoms with van der Waals surface area (Å²) < 4.78 is 36.9. The first-order valence-corrected chi connectivity index (χ1v) is 5.87. The van der Waals surface area contributed by atoms with E-state index in [0.717, 1.165) is 25.0 Å². The summed E-state index contributed by atoms with van der Waals surface area (Å²) in [5, 5.41) is 0. The van der Waals surface area contributed by atoms with Gasteiger partial charge in [0.25, 0.3) is 0 Å². The van der Waals surface area contributed by atoms with Crippen LogP contribution in [0.5, 0.6) is 0 Å². The van der Waals surface area contributed by atoms with Crippen LogP contribution in [0.3, 0.4) is 0 Å². The Bertz CT molecular complexity index is 396. The molecule has 100 valence electrons. The maximum atomic E-state index is 12.3. The summed E-state index contributed by atoms with van der Waals surface area (Å²) in [5.74, 6) is 0.308. The third kappa shape index (κ3) is 4.47. The van der Waals surface area contributed by atoms with Crippen LogP contribution >= 0.6 is 0 Å². The van der Waals surface area contributed by atoms with E-state index >= 15 is 0 Å². The van der Waals surface area contributed by atoms with Crippen molar-refractivity contribution in [3.05, 3.63) is 29.6 Å². The Morgan fingerprint density at radius 3 is 2.44 bits per heavy atom. The maximum absolute atomic E-state index is 12.3. The summed E-state index contributed by atoms with van der Waals surface area (Å²) in [6, 6.07) is 2.03. The second-order valence-electron chi connectivity index (χ2n) is 4.64. The number of rotatable bonds is 5. The molecule has 0 aromatic carbocycles. The number of halogens is 3. The molecular formula is C13H16F3NO. The third-order valence-electron chi connectivity index (χ3n) is 2.56. The van der Waals surface area contributed by atoms with Gasteiger partial charge in [0.15, 0.2) is 5.78 Å². The molecule has 1 aromatic heterocycles. The van der Waals surface area contributed by atoms with Crippen LogP contribution in [0.2, 0.25) is 0 Å². The first-order valence-electron chi connectivity index (χ1n) is 5.87. The van der Waals surface area contributed by atoms with E-state index in [0.29, 0.717) is 18.5 Å². The van der Waals surface area contributed by atoms with Gasteiger partial charge in [-0.25, -0.2) is 0 Å². The first kappa shape index (κ1) is 14.7. The number of Topliss-reactive ketones (excluding diaryl/α,β-unsaturated/α-hetero) is 1. The predicted octanol–water partition coefficient (Wildman–Crippen LogP) is 4.11. The Balaban J connectivity index is 2.60. The highest BCUT2D eigenvalue weighted by Gasteiger charge is 2.30. The number of carbonyl (C=O) groups excluding carboxylic acids is 1. The molecule has 2 nitrogen and oxygen atoms in total. The van der Waals surface area contributed by atoms with Gasteiger partial charge in [0.1, 0.15) is 5.69 Å². The van der Waals surface area contributed by atoms with E-state index in [1.165, 1.54) is 0 Å². The second-order valence-corrected chi connectivity index (χ2v) is 4.64. The van der Waals surface area contributed by atoms with Crippen molar-refractivity contribution >= 4 is 5.78 Å². The molecule has 0 spiro atoms. The minimum Gasteiger partial charge on any atom is -0.292 e. The molecule has 0 saturated heterocycles. The van der Waals surface area contributed by atoms with E-state index in [1.54, 1.807) is 0 Å². The van der Waals surface area contributed by atoms with Crippen LogP contribution in [-0.4, -0.2) is 10.8 Å². The third-order valence-corrected chi connectivity index (χ3v) is 2.56. The Hall–Kier alpha value is -1.39. The quantitative estimate of drug-likeness (QED) is 0.745. The topological polar surface area (TPSA) is 30.0 Å². The van der Waals surface area contributed by atoms with E-state index < -0.39 is 11.7 Å². The van der Waals surface area contributed by atoms with E-state index in [-0.39, 0.29) is 11.5 Å². The molecule has 0 fully saturated rings. The average Bonchev–Trinajstić information content (AvgIpc) is 2.27. The van der Waals surface area contributed by atoms with Crippen LogP contribution in [0.4, 0.5) is 13.2 Å². The standard InChI is InChI=1S/C13H16F3NO/c1-9(2)4-3-5-12(18)11-7-6-10(8-17-11)13(14,15)16/h6-9H,3-5H2,1-2H3. The molecule has 18 heavy (non-hydrogen) atoms. The molecule has 0 saturated carbocycles. The normalized spacial score (nSPS) is 11.9. The molecule has 0 radical (unpaired) electrons. The zero-order valence-electron chi connectivity index (χ0n) is 10.4. The summed E-state index contributed by atoms with van der Waals surface area (Å²) in [7, 11) is 0. The Labute approximate surface area is 104 Å². The lowest BCUT2D eigenvalue weighted by Crippen LogP contribution is -2.08. The van der Waals surface area contributed by atoms with Gasteiger partial charge in [0.05, 0.1) is 5.56 Å². The molecule has 1 rings (SSSR count). The molecule has 1 aromatic rings. The van der Waals surface area contributed by atoms with Crippen molar-refractivity contribution in [2.45, 2.75) is 39.3 Å². The van der Waals surface area contributed by atoms with Crippen molar-refractivity contribution in [1.82, 2.24) is 4.98 Å². The van der Waals surface area contributed by atoms with Gasteiger partial charge in [-0.05, 0) is 24.5 Å². The molecule has 0 unspecified atom stereocenters. The fraction of sp³-hybridized carbons (Fsp3) is 0.538. The van der Waals surface area contributed by atoms with Crippen molar-refractivity contribution in [3.8, 4) is 0 Å². The van der Waals surface area contributed by atoms with Crippen LogP contribution in [0, 0.1) is 5.92 Å². The van der Waals surface area contributed by atoms with Crippen LogP contribution in [0.1, 0.15) is 49.2 Å². The molecule has 1 heterocycles. The molecule has 5 heteroatoms. The highest BCUT2D eigenvalue weighted by molar-refractivity contribution is 5.94. The summed E-state index contributed by atoms with van der Waals surface area (Å²) >= 11 is 0. The Morgan fingerprint density at radius 2 is 2.00 bits per heavy atom. The highest BCUT2D eigenvalue weighted by atomic mass is 19.4. The second kappa shape index (κ2) is 5.98. The molecule has 0 N–H and O–H groups in total. The van der Waals surface area contributed by atoms with Gasteiger partial charge in [-0.1, -0.05) is 20.3 Å². The zero-order chi connectivity index (χ0) is 13.8. The molecule has 0 bridgehead atoms. The van der Waals surface area contributed by atoms with Gasteiger partial charge in [0.2, 0.25) is 0 Å². The number of alkyl halides is 3. The van der Waals surface area contributed by atoms with Gasteiger partial charge in [-0.2, -0.15) is 13.2 Å².